The van der Waals surface area contributed by atoms with E-state index in [4.69, 9.17) is 10.5 Å². The smallest absolute Gasteiger partial charge is 0.219 e. The van der Waals surface area contributed by atoms with Crippen molar-refractivity contribution in [2.75, 3.05) is 6.61 Å². The molecule has 5 N–H and O–H groups in total. The van der Waals surface area contributed by atoms with Crippen LogP contribution in [0.1, 0.15) is 13.3 Å². The van der Waals surface area contributed by atoms with Crippen molar-refractivity contribution in [3.63, 3.8) is 0 Å². The van der Waals surface area contributed by atoms with E-state index in [1.54, 1.807) is 6.92 Å². The summed E-state index contributed by atoms with van der Waals surface area (Å²) in [6.07, 6.45) is -4.41. The molecule has 0 bridgehead atoms. The molecule has 0 heterocycles. The van der Waals surface area contributed by atoms with Gasteiger partial charge in [0.1, 0.15) is 18.1 Å². The number of rotatable bonds is 8. The van der Waals surface area contributed by atoms with Gasteiger partial charge in [-0.1, -0.05) is 0 Å². The molecule has 0 aliphatic heterocycles. The van der Waals surface area contributed by atoms with Gasteiger partial charge in [-0.15, -0.1) is 0 Å². The Bertz CT molecular complexity index is 239. The Morgan fingerprint density at radius 3 is 2.38 bits per heavy atom. The van der Waals surface area contributed by atoms with Gasteiger partial charge < -0.3 is 30.4 Å². The van der Waals surface area contributed by atoms with Gasteiger partial charge in [0.25, 0.3) is 0 Å². The molecule has 16 heavy (non-hydrogen) atoms. The minimum absolute atomic E-state index is 0.177. The fourth-order valence-corrected chi connectivity index (χ4v) is 1.94. The molecule has 0 aromatic rings. The van der Waals surface area contributed by atoms with E-state index in [-0.39, 0.29) is 13.0 Å². The van der Waals surface area contributed by atoms with E-state index in [0.29, 0.717) is 6.21 Å². The molecule has 0 aromatic carbocycles. The molecule has 96 valence electrons. The molecule has 0 aliphatic carbocycles. The summed E-state index contributed by atoms with van der Waals surface area (Å²) in [5.41, 5.74) is 0. The Hall–Kier alpha value is -0.300. The number of hydrogen-bond donors (Lipinski definition) is 5. The van der Waals surface area contributed by atoms with Gasteiger partial charge in [0.15, 0.2) is 0 Å². The zero-order valence-corrected chi connectivity index (χ0v) is 9.91. The van der Waals surface area contributed by atoms with Crippen LogP contribution in [-0.4, -0.2) is 57.4 Å². The Morgan fingerprint density at radius 1 is 1.38 bits per heavy atom. The van der Waals surface area contributed by atoms with E-state index < -0.39 is 32.2 Å². The highest BCUT2D eigenvalue weighted by Crippen LogP contribution is 2.30. The van der Waals surface area contributed by atoms with Crippen LogP contribution in [0.25, 0.3) is 0 Å². The first kappa shape index (κ1) is 15.7. The lowest BCUT2D eigenvalue weighted by atomic mass is 10.1. The van der Waals surface area contributed by atoms with Gasteiger partial charge in [-0.2, -0.15) is 0 Å². The van der Waals surface area contributed by atoms with Crippen molar-refractivity contribution < 1.29 is 29.5 Å². The van der Waals surface area contributed by atoms with Gasteiger partial charge in [-0.25, -0.2) is 0 Å². The van der Waals surface area contributed by atoms with E-state index in [2.05, 4.69) is 4.52 Å². The highest BCUT2D eigenvalue weighted by Gasteiger charge is 2.27. The normalized spacial score (nSPS) is 20.8. The molecule has 0 radical (unpaired) electrons. The van der Waals surface area contributed by atoms with E-state index in [0.717, 1.165) is 0 Å². The van der Waals surface area contributed by atoms with Crippen LogP contribution in [0.15, 0.2) is 0 Å². The number of nitrogens with one attached hydrogen (secondary N) is 1. The highest BCUT2D eigenvalue weighted by molar-refractivity contribution is 7.39. The largest absolute Gasteiger partial charge is 0.390 e. The van der Waals surface area contributed by atoms with Crippen LogP contribution in [0.5, 0.6) is 0 Å². The molecule has 5 atom stereocenters. The average molecular weight is 255 g/mol. The summed E-state index contributed by atoms with van der Waals surface area (Å²) in [6, 6.07) is 0. The van der Waals surface area contributed by atoms with Crippen molar-refractivity contribution in [1.29, 1.82) is 5.41 Å². The summed E-state index contributed by atoms with van der Waals surface area (Å²) < 4.78 is 15.8. The molecule has 7 nitrogen and oxygen atoms in total. The summed E-state index contributed by atoms with van der Waals surface area (Å²) in [5, 5.41) is 43.6. The second-order valence-electron chi connectivity index (χ2n) is 3.22. The lowest BCUT2D eigenvalue weighted by Crippen LogP contribution is -2.39. The molecule has 8 heteroatoms. The van der Waals surface area contributed by atoms with Crippen molar-refractivity contribution in [2.45, 2.75) is 37.5 Å². The van der Waals surface area contributed by atoms with E-state index in [1.165, 1.54) is 0 Å². The zero-order chi connectivity index (χ0) is 12.7. The number of aliphatic hydroxyl groups excluding tert-OH is 4. The van der Waals surface area contributed by atoms with Crippen LogP contribution in [-0.2, 0) is 9.09 Å². The minimum Gasteiger partial charge on any atom is -0.390 e. The first-order chi connectivity index (χ1) is 7.43. The third-order valence-corrected chi connectivity index (χ3v) is 3.29. The van der Waals surface area contributed by atoms with Crippen molar-refractivity contribution >= 4 is 14.2 Å². The Morgan fingerprint density at radius 2 is 1.94 bits per heavy atom. The van der Waals surface area contributed by atoms with Crippen LogP contribution < -0.4 is 0 Å². The second kappa shape index (κ2) is 7.89. The van der Waals surface area contributed by atoms with E-state index in [9.17, 15) is 19.9 Å². The molecule has 0 fully saturated rings. The van der Waals surface area contributed by atoms with Gasteiger partial charge in [-0.3, -0.25) is 4.57 Å². The third kappa shape index (κ3) is 5.16. The first-order valence-corrected chi connectivity index (χ1v) is 6.22. The van der Waals surface area contributed by atoms with Crippen LogP contribution in [0, 0.1) is 5.41 Å². The Labute approximate surface area is 94.1 Å². The monoisotopic (exact) mass is 255 g/mol. The van der Waals surface area contributed by atoms with Crippen molar-refractivity contribution in [2.24, 2.45) is 0 Å². The molecule has 0 saturated carbocycles. The zero-order valence-electron chi connectivity index (χ0n) is 8.91. The quantitative estimate of drug-likeness (QED) is 0.277. The van der Waals surface area contributed by atoms with Gasteiger partial charge in [0.05, 0.1) is 12.7 Å². The predicted molar refractivity (Wildman–Crippen MR) is 58.1 cm³/mol. The molecule has 0 amide bonds. The highest BCUT2D eigenvalue weighted by atomic mass is 31.1. The maximum atomic E-state index is 11.2. The number of aliphatic hydroxyl groups is 4. The summed E-state index contributed by atoms with van der Waals surface area (Å²) in [5.74, 6) is -1.38. The van der Waals surface area contributed by atoms with E-state index >= 15 is 0 Å². The molecule has 2 unspecified atom stereocenters. The van der Waals surface area contributed by atoms with Gasteiger partial charge in [0, 0.05) is 12.6 Å². The molecule has 0 saturated heterocycles. The molecule has 0 spiro atoms. The lowest BCUT2D eigenvalue weighted by molar-refractivity contribution is -0.0450. The topological polar surface area (TPSA) is 131 Å². The van der Waals surface area contributed by atoms with Crippen LogP contribution in [0.3, 0.4) is 0 Å². The van der Waals surface area contributed by atoms with Crippen molar-refractivity contribution in [3.05, 3.63) is 0 Å². The molecular formula is C8H18NO6P. The third-order valence-electron chi connectivity index (χ3n) is 1.94. The molecular weight excluding hydrogens is 237 g/mol. The van der Waals surface area contributed by atoms with Crippen molar-refractivity contribution in [1.82, 2.24) is 0 Å². The number of hydrogen-bond acceptors (Lipinski definition) is 7. The lowest BCUT2D eigenvalue weighted by Gasteiger charge is -2.22. The molecule has 0 aromatic heterocycles. The SMILES string of the molecule is CCO[PH](=O)C(O)C[C@@H](O)[C@@H](O)[C@@H](O)C=N. The molecule has 0 aliphatic rings. The fraction of sp³-hybridized carbons (Fsp3) is 0.875. The minimum atomic E-state index is -2.68. The van der Waals surface area contributed by atoms with Crippen molar-refractivity contribution in [3.8, 4) is 0 Å². The van der Waals surface area contributed by atoms with Crippen LogP contribution >= 0.6 is 8.03 Å². The van der Waals surface area contributed by atoms with E-state index in [1.807, 2.05) is 0 Å². The maximum Gasteiger partial charge on any atom is 0.219 e. The standard InChI is InChI=1S/C8H18NO6P/c1-2-15-16(14)7(12)3-5(10)8(13)6(11)4-9/h4-13,16H,2-3H2,1H3/t5-,6+,7?,8-/m1/s1. The maximum absolute atomic E-state index is 11.2. The summed E-state index contributed by atoms with van der Waals surface area (Å²) in [6.45, 7) is 1.79. The predicted octanol–water partition coefficient (Wildman–Crippen LogP) is -1.06. The Balaban J connectivity index is 4.17. The average Bonchev–Trinajstić information content (AvgIpc) is 2.26. The summed E-state index contributed by atoms with van der Waals surface area (Å²) in [4.78, 5) is 0. The fourth-order valence-electron chi connectivity index (χ4n) is 1.03. The van der Waals surface area contributed by atoms with Crippen LogP contribution in [0.4, 0.5) is 0 Å². The van der Waals surface area contributed by atoms with Gasteiger partial charge in [0.2, 0.25) is 8.03 Å². The van der Waals surface area contributed by atoms with Gasteiger partial charge >= 0.3 is 0 Å². The Kier molecular flexibility index (Phi) is 7.74. The first-order valence-electron chi connectivity index (χ1n) is 4.83. The summed E-state index contributed by atoms with van der Waals surface area (Å²) in [7, 11) is -2.68. The van der Waals surface area contributed by atoms with Crippen LogP contribution in [0.2, 0.25) is 0 Å². The van der Waals surface area contributed by atoms with Gasteiger partial charge in [-0.05, 0) is 6.92 Å². The summed E-state index contributed by atoms with van der Waals surface area (Å²) >= 11 is 0. The second-order valence-corrected chi connectivity index (χ2v) is 4.81. The molecule has 0 rings (SSSR count).